The summed E-state index contributed by atoms with van der Waals surface area (Å²) in [5.41, 5.74) is 3.30. The predicted octanol–water partition coefficient (Wildman–Crippen LogP) is 5.43. The minimum Gasteiger partial charge on any atom is -0.482 e. The van der Waals surface area contributed by atoms with Gasteiger partial charge in [-0.2, -0.15) is 0 Å². The molecule has 1 heterocycles. The smallest absolute Gasteiger partial charge is 0.341 e. The molecular weight excluding hydrogens is 422 g/mol. The van der Waals surface area contributed by atoms with Crippen LogP contribution in [0.1, 0.15) is 74.3 Å². The Morgan fingerprint density at radius 3 is 2.59 bits per heavy atom. The Kier molecular flexibility index (Phi) is 6.82. The minimum absolute atomic E-state index is 0.0636. The molecule has 0 amide bonds. The second kappa shape index (κ2) is 9.59. The third kappa shape index (κ3) is 4.66. The molecule has 6 heteroatoms. The Hall–Kier alpha value is -2.44. The number of carboxylic acid groups (broad SMARTS) is 1. The van der Waals surface area contributed by atoms with Crippen molar-refractivity contribution < 1.29 is 19.7 Å². The molecule has 1 saturated carbocycles. The van der Waals surface area contributed by atoms with Crippen molar-refractivity contribution >= 4 is 23.2 Å². The number of aliphatic carboxylic acids is 1. The molecule has 2 aliphatic rings. The molecule has 2 atom stereocenters. The van der Waals surface area contributed by atoms with Crippen molar-refractivity contribution in [3.05, 3.63) is 65.2 Å². The van der Waals surface area contributed by atoms with E-state index in [-0.39, 0.29) is 18.1 Å². The minimum atomic E-state index is -0.995. The molecule has 0 radical (unpaired) electrons. The number of carboxylic acids is 1. The number of aliphatic hydroxyl groups excluding tert-OH is 1. The van der Waals surface area contributed by atoms with Crippen LogP contribution >= 0.6 is 12.2 Å². The number of thiocarbonyl (C=S) groups is 1. The molecule has 1 saturated heterocycles. The van der Waals surface area contributed by atoms with Crippen LogP contribution in [-0.4, -0.2) is 32.7 Å². The lowest BCUT2D eigenvalue weighted by atomic mass is 9.61. The van der Waals surface area contributed by atoms with E-state index in [1.165, 1.54) is 12.0 Å². The molecule has 0 bridgehead atoms. The highest BCUT2D eigenvalue weighted by atomic mass is 32.1. The zero-order chi connectivity index (χ0) is 22.7. The largest absolute Gasteiger partial charge is 0.482 e. The van der Waals surface area contributed by atoms with Gasteiger partial charge in [0.25, 0.3) is 0 Å². The Labute approximate surface area is 195 Å². The summed E-state index contributed by atoms with van der Waals surface area (Å²) in [6, 6.07) is 16.1. The zero-order valence-electron chi connectivity index (χ0n) is 18.5. The van der Waals surface area contributed by atoms with Gasteiger partial charge in [-0.1, -0.05) is 68.4 Å². The predicted molar refractivity (Wildman–Crippen MR) is 128 cm³/mol. The monoisotopic (exact) mass is 453 g/mol. The molecule has 32 heavy (non-hydrogen) atoms. The van der Waals surface area contributed by atoms with E-state index in [0.717, 1.165) is 48.2 Å². The Bertz CT molecular complexity index is 970. The van der Waals surface area contributed by atoms with Gasteiger partial charge in [-0.3, -0.25) is 0 Å². The van der Waals surface area contributed by atoms with E-state index in [0.29, 0.717) is 12.3 Å². The number of rotatable bonds is 10. The van der Waals surface area contributed by atoms with Crippen LogP contribution in [0, 0.1) is 5.41 Å². The number of hydrogen-bond acceptors (Lipinski definition) is 4. The van der Waals surface area contributed by atoms with Gasteiger partial charge < -0.3 is 19.8 Å². The fourth-order valence-electron chi connectivity index (χ4n) is 5.07. The Morgan fingerprint density at radius 2 is 2.00 bits per heavy atom. The highest BCUT2D eigenvalue weighted by molar-refractivity contribution is 7.80. The number of likely N-dealkylation sites (tertiary alicyclic amines) is 1. The average molecular weight is 454 g/mol. The maximum atomic E-state index is 11.0. The van der Waals surface area contributed by atoms with Crippen molar-refractivity contribution in [1.82, 2.24) is 4.90 Å². The summed E-state index contributed by atoms with van der Waals surface area (Å²) in [6.45, 7) is 2.49. The van der Waals surface area contributed by atoms with Gasteiger partial charge in [0, 0.05) is 18.4 Å². The van der Waals surface area contributed by atoms with Gasteiger partial charge >= 0.3 is 5.97 Å². The van der Waals surface area contributed by atoms with Gasteiger partial charge in [0.05, 0.1) is 17.1 Å². The molecule has 0 spiro atoms. The van der Waals surface area contributed by atoms with Crippen LogP contribution in [0.15, 0.2) is 48.5 Å². The molecule has 1 aliphatic carbocycles. The van der Waals surface area contributed by atoms with Crippen LogP contribution in [0.5, 0.6) is 5.75 Å². The first-order chi connectivity index (χ1) is 15.4. The van der Waals surface area contributed by atoms with Crippen molar-refractivity contribution in [1.29, 1.82) is 0 Å². The lowest BCUT2D eigenvalue weighted by Gasteiger charge is -2.46. The maximum Gasteiger partial charge on any atom is 0.341 e. The lowest BCUT2D eigenvalue weighted by Crippen LogP contribution is -2.44. The molecular formula is C26H31NO4S. The van der Waals surface area contributed by atoms with Crippen molar-refractivity contribution in [2.45, 2.75) is 64.1 Å². The molecule has 4 rings (SSSR count). The van der Waals surface area contributed by atoms with Gasteiger partial charge in [0.1, 0.15) is 5.75 Å². The second-order valence-electron chi connectivity index (χ2n) is 9.11. The third-order valence-electron chi connectivity index (χ3n) is 6.99. The summed E-state index contributed by atoms with van der Waals surface area (Å²) < 4.78 is 5.30. The number of benzene rings is 2. The molecule has 2 aromatic rings. The van der Waals surface area contributed by atoms with Crippen molar-refractivity contribution in [3.63, 3.8) is 0 Å². The second-order valence-corrected chi connectivity index (χ2v) is 9.58. The number of carbonyl (C=O) groups is 1. The SMILES string of the molecule is CCCC1(C(O)c2ccc([C@H]3CC(=S)N3Cc3cccc(OCC(=O)O)c3)cc2)CCC1. The summed E-state index contributed by atoms with van der Waals surface area (Å²) in [5, 5.41) is 19.8. The Morgan fingerprint density at radius 1 is 1.25 bits per heavy atom. The average Bonchev–Trinajstić information content (AvgIpc) is 2.77. The zero-order valence-corrected chi connectivity index (χ0v) is 19.3. The van der Waals surface area contributed by atoms with Crippen molar-refractivity contribution in [2.24, 2.45) is 5.41 Å². The van der Waals surface area contributed by atoms with E-state index in [2.05, 4.69) is 36.1 Å². The molecule has 2 aromatic carbocycles. The Balaban J connectivity index is 1.42. The standard InChI is InChI=1S/C26H31NO4S/c1-2-11-26(12-4-13-26)25(30)20-9-7-19(8-10-20)22-15-23(32)27(22)16-18-5-3-6-21(14-18)31-17-24(28)29/h3,5-10,14,22,25,30H,2,4,11-13,15-17H2,1H3,(H,28,29)/t22-,25?/m1/s1. The van der Waals surface area contributed by atoms with Crippen LogP contribution < -0.4 is 4.74 Å². The van der Waals surface area contributed by atoms with Gasteiger partial charge in [-0.15, -0.1) is 0 Å². The quantitative estimate of drug-likeness (QED) is 0.468. The summed E-state index contributed by atoms with van der Waals surface area (Å²) in [6.07, 6.45) is 6.07. The van der Waals surface area contributed by atoms with E-state index in [1.807, 2.05) is 18.2 Å². The first-order valence-corrected chi connectivity index (χ1v) is 11.8. The van der Waals surface area contributed by atoms with Gasteiger partial charge in [0.2, 0.25) is 0 Å². The fourth-order valence-corrected chi connectivity index (χ4v) is 5.42. The topological polar surface area (TPSA) is 70.0 Å². The summed E-state index contributed by atoms with van der Waals surface area (Å²) in [5.74, 6) is -0.450. The van der Waals surface area contributed by atoms with Crippen LogP contribution in [-0.2, 0) is 11.3 Å². The van der Waals surface area contributed by atoms with Crippen LogP contribution in [0.4, 0.5) is 0 Å². The number of aliphatic hydroxyl groups is 1. The van der Waals surface area contributed by atoms with Crippen LogP contribution in [0.3, 0.4) is 0 Å². The lowest BCUT2D eigenvalue weighted by molar-refractivity contribution is -0.139. The maximum absolute atomic E-state index is 11.0. The molecule has 1 unspecified atom stereocenters. The third-order valence-corrected chi connectivity index (χ3v) is 7.39. The van der Waals surface area contributed by atoms with Gasteiger partial charge in [-0.05, 0) is 48.1 Å². The van der Waals surface area contributed by atoms with Crippen LogP contribution in [0.25, 0.3) is 0 Å². The number of hydrogen-bond donors (Lipinski definition) is 2. The van der Waals surface area contributed by atoms with E-state index >= 15 is 0 Å². The summed E-state index contributed by atoms with van der Waals surface area (Å²) in [4.78, 5) is 13.9. The van der Waals surface area contributed by atoms with E-state index in [4.69, 9.17) is 22.1 Å². The number of nitrogens with zero attached hydrogens (tertiary/aromatic N) is 1. The highest BCUT2D eigenvalue weighted by Crippen LogP contribution is 2.53. The van der Waals surface area contributed by atoms with E-state index < -0.39 is 12.1 Å². The first kappa shape index (κ1) is 22.7. The normalized spacial score (nSPS) is 20.2. The number of ether oxygens (including phenoxy) is 1. The van der Waals surface area contributed by atoms with Gasteiger partial charge in [0.15, 0.2) is 6.61 Å². The van der Waals surface area contributed by atoms with Gasteiger partial charge in [-0.25, -0.2) is 4.79 Å². The van der Waals surface area contributed by atoms with Crippen LogP contribution in [0.2, 0.25) is 0 Å². The van der Waals surface area contributed by atoms with E-state index in [9.17, 15) is 9.90 Å². The molecule has 2 N–H and O–H groups in total. The molecule has 5 nitrogen and oxygen atoms in total. The summed E-state index contributed by atoms with van der Waals surface area (Å²) in [7, 11) is 0. The van der Waals surface area contributed by atoms with Crippen molar-refractivity contribution in [3.8, 4) is 5.75 Å². The molecule has 170 valence electrons. The molecule has 0 aromatic heterocycles. The van der Waals surface area contributed by atoms with E-state index in [1.54, 1.807) is 6.07 Å². The first-order valence-electron chi connectivity index (χ1n) is 11.4. The summed E-state index contributed by atoms with van der Waals surface area (Å²) >= 11 is 5.55. The highest BCUT2D eigenvalue weighted by Gasteiger charge is 2.43. The van der Waals surface area contributed by atoms with Crippen molar-refractivity contribution in [2.75, 3.05) is 6.61 Å². The molecule has 2 fully saturated rings. The fraction of sp³-hybridized carbons (Fsp3) is 0.462. The molecule has 1 aliphatic heterocycles.